The maximum Gasteiger partial charge on any atom is 0.409 e. The number of phenols is 1. The first-order valence-corrected chi connectivity index (χ1v) is 5.82. The number of phenolic OH excluding ortho intramolecular Hbond substituents is 1. The van der Waals surface area contributed by atoms with Gasteiger partial charge in [0.15, 0.2) is 0 Å². The summed E-state index contributed by atoms with van der Waals surface area (Å²) in [7, 11) is 0. The van der Waals surface area contributed by atoms with E-state index in [9.17, 15) is 18.3 Å². The Morgan fingerprint density at radius 1 is 1.28 bits per heavy atom. The van der Waals surface area contributed by atoms with E-state index in [4.69, 9.17) is 0 Å². The van der Waals surface area contributed by atoms with Gasteiger partial charge in [-0.15, -0.1) is 0 Å². The average Bonchev–Trinajstić information content (AvgIpc) is 2.54. The summed E-state index contributed by atoms with van der Waals surface area (Å²) in [6.07, 6.45) is -3.71. The van der Waals surface area contributed by atoms with Gasteiger partial charge in [-0.2, -0.15) is 13.2 Å². The van der Waals surface area contributed by atoms with Crippen LogP contribution in [0.4, 0.5) is 18.9 Å². The van der Waals surface area contributed by atoms with Crippen LogP contribution in [0, 0.1) is 0 Å². The molecular formula is C12H15F3N2O. The predicted molar refractivity (Wildman–Crippen MR) is 62.8 cm³/mol. The smallest absolute Gasteiger partial charge is 0.409 e. The van der Waals surface area contributed by atoms with Crippen molar-refractivity contribution in [3.8, 4) is 5.75 Å². The third-order valence-corrected chi connectivity index (χ3v) is 3.04. The molecule has 1 unspecified atom stereocenters. The summed E-state index contributed by atoms with van der Waals surface area (Å²) in [5.41, 5.74) is 0.239. The van der Waals surface area contributed by atoms with Gasteiger partial charge in [-0.1, -0.05) is 12.1 Å². The lowest BCUT2D eigenvalue weighted by Gasteiger charge is -2.33. The molecule has 18 heavy (non-hydrogen) atoms. The van der Waals surface area contributed by atoms with Crippen LogP contribution in [0.3, 0.4) is 0 Å². The number of hydrogen-bond acceptors (Lipinski definition) is 3. The lowest BCUT2D eigenvalue weighted by molar-refractivity contribution is -0.147. The summed E-state index contributed by atoms with van der Waals surface area (Å²) in [4.78, 5) is 1.23. The summed E-state index contributed by atoms with van der Waals surface area (Å²) in [5.74, 6) is -0.117. The maximum absolute atomic E-state index is 13.0. The molecular weight excluding hydrogens is 245 g/mol. The normalized spacial score (nSPS) is 21.7. The Bertz CT molecular complexity index is 409. The third kappa shape index (κ3) is 2.69. The van der Waals surface area contributed by atoms with E-state index < -0.39 is 12.2 Å². The van der Waals surface area contributed by atoms with Gasteiger partial charge in [0, 0.05) is 13.1 Å². The van der Waals surface area contributed by atoms with Gasteiger partial charge in [-0.3, -0.25) is 0 Å². The van der Waals surface area contributed by atoms with E-state index in [0.29, 0.717) is 13.0 Å². The van der Waals surface area contributed by atoms with Gasteiger partial charge in [0.2, 0.25) is 0 Å². The molecule has 0 amide bonds. The highest BCUT2D eigenvalue weighted by Gasteiger charge is 2.44. The van der Waals surface area contributed by atoms with Gasteiger partial charge < -0.3 is 15.3 Å². The number of halogens is 3. The first-order chi connectivity index (χ1) is 8.50. The quantitative estimate of drug-likeness (QED) is 0.812. The second kappa shape index (κ2) is 5.06. The number of nitrogens with zero attached hydrogens (tertiary/aromatic N) is 1. The summed E-state index contributed by atoms with van der Waals surface area (Å²) in [6, 6.07) is 4.53. The van der Waals surface area contributed by atoms with Crippen LogP contribution in [0.1, 0.15) is 6.42 Å². The van der Waals surface area contributed by atoms with Crippen LogP contribution in [0.15, 0.2) is 24.3 Å². The largest absolute Gasteiger partial charge is 0.506 e. The minimum atomic E-state index is -4.32. The molecule has 1 atom stereocenters. The summed E-state index contributed by atoms with van der Waals surface area (Å²) in [6.45, 7) is 0.670. The van der Waals surface area contributed by atoms with Crippen molar-refractivity contribution in [1.29, 1.82) is 0 Å². The Morgan fingerprint density at radius 2 is 2.00 bits per heavy atom. The maximum atomic E-state index is 13.0. The van der Waals surface area contributed by atoms with Crippen LogP contribution in [-0.4, -0.2) is 37.0 Å². The van der Waals surface area contributed by atoms with Crippen molar-refractivity contribution in [2.75, 3.05) is 24.5 Å². The molecule has 6 heteroatoms. The van der Waals surface area contributed by atoms with Crippen molar-refractivity contribution < 1.29 is 18.3 Å². The van der Waals surface area contributed by atoms with Crippen LogP contribution >= 0.6 is 0 Å². The molecule has 0 bridgehead atoms. The number of nitrogens with one attached hydrogen (secondary N) is 1. The lowest BCUT2D eigenvalue weighted by Crippen LogP contribution is -2.49. The Morgan fingerprint density at radius 3 is 2.67 bits per heavy atom. The first kappa shape index (κ1) is 13.0. The molecule has 2 N–H and O–H groups in total. The van der Waals surface area contributed by atoms with Crippen molar-refractivity contribution in [3.63, 3.8) is 0 Å². The van der Waals surface area contributed by atoms with Crippen molar-refractivity contribution in [1.82, 2.24) is 5.32 Å². The number of rotatable bonds is 1. The van der Waals surface area contributed by atoms with Crippen molar-refractivity contribution >= 4 is 5.69 Å². The zero-order valence-electron chi connectivity index (χ0n) is 9.74. The Balaban J connectivity index is 2.34. The van der Waals surface area contributed by atoms with E-state index in [1.807, 2.05) is 0 Å². The van der Waals surface area contributed by atoms with E-state index in [2.05, 4.69) is 5.32 Å². The fourth-order valence-corrected chi connectivity index (χ4v) is 2.17. The molecule has 100 valence electrons. The molecule has 1 aromatic rings. The molecule has 3 nitrogen and oxygen atoms in total. The molecule has 1 aromatic carbocycles. The monoisotopic (exact) mass is 260 g/mol. The molecule has 0 saturated carbocycles. The minimum Gasteiger partial charge on any atom is -0.506 e. The number of aromatic hydroxyl groups is 1. The molecule has 0 radical (unpaired) electrons. The Kier molecular flexibility index (Phi) is 3.65. The number of para-hydroxylation sites is 2. The number of hydrogen-bond donors (Lipinski definition) is 2. The molecule has 2 rings (SSSR count). The van der Waals surface area contributed by atoms with Crippen LogP contribution in [0.5, 0.6) is 5.75 Å². The summed E-state index contributed by atoms with van der Waals surface area (Å²) < 4.78 is 39.1. The molecule has 0 aromatic heterocycles. The fraction of sp³-hybridized carbons (Fsp3) is 0.500. The SMILES string of the molecule is Oc1ccccc1N1CCCNCC1C(F)(F)F. The minimum absolute atomic E-state index is 0.117. The average molecular weight is 260 g/mol. The van der Waals surface area contributed by atoms with Gasteiger partial charge in [0.05, 0.1) is 5.69 Å². The van der Waals surface area contributed by atoms with E-state index in [1.165, 1.54) is 17.0 Å². The topological polar surface area (TPSA) is 35.5 Å². The number of alkyl halides is 3. The molecule has 1 saturated heterocycles. The van der Waals surface area contributed by atoms with Gasteiger partial charge >= 0.3 is 6.18 Å². The van der Waals surface area contributed by atoms with Crippen LogP contribution < -0.4 is 10.2 Å². The Labute approximate surface area is 103 Å². The zero-order chi connectivity index (χ0) is 13.2. The van der Waals surface area contributed by atoms with E-state index in [-0.39, 0.29) is 24.5 Å². The zero-order valence-corrected chi connectivity index (χ0v) is 9.74. The highest BCUT2D eigenvalue weighted by molar-refractivity contribution is 5.58. The molecule has 1 aliphatic heterocycles. The second-order valence-corrected chi connectivity index (χ2v) is 4.30. The van der Waals surface area contributed by atoms with Gasteiger partial charge in [0.25, 0.3) is 0 Å². The molecule has 1 fully saturated rings. The predicted octanol–water partition coefficient (Wildman–Crippen LogP) is 2.12. The van der Waals surface area contributed by atoms with Gasteiger partial charge in [-0.25, -0.2) is 0 Å². The molecule has 0 spiro atoms. The van der Waals surface area contributed by atoms with Crippen molar-refractivity contribution in [2.24, 2.45) is 0 Å². The van der Waals surface area contributed by atoms with Crippen LogP contribution in [-0.2, 0) is 0 Å². The van der Waals surface area contributed by atoms with E-state index in [1.54, 1.807) is 12.1 Å². The Hall–Kier alpha value is -1.43. The lowest BCUT2D eigenvalue weighted by atomic mass is 10.2. The van der Waals surface area contributed by atoms with Crippen LogP contribution in [0.25, 0.3) is 0 Å². The van der Waals surface area contributed by atoms with E-state index >= 15 is 0 Å². The van der Waals surface area contributed by atoms with Crippen LogP contribution in [0.2, 0.25) is 0 Å². The highest BCUT2D eigenvalue weighted by atomic mass is 19.4. The highest BCUT2D eigenvalue weighted by Crippen LogP contribution is 2.34. The molecule has 0 aliphatic carbocycles. The standard InChI is InChI=1S/C12H15F3N2O/c13-12(14,15)11-8-16-6-3-7-17(11)9-4-1-2-5-10(9)18/h1-2,4-5,11,16,18H,3,6-8H2. The van der Waals surface area contributed by atoms with Gasteiger partial charge in [-0.05, 0) is 25.1 Å². The van der Waals surface area contributed by atoms with E-state index in [0.717, 1.165) is 0 Å². The molecule has 1 aliphatic rings. The van der Waals surface area contributed by atoms with Gasteiger partial charge in [0.1, 0.15) is 11.8 Å². The first-order valence-electron chi connectivity index (χ1n) is 5.82. The summed E-state index contributed by atoms with van der Waals surface area (Å²) in [5, 5.41) is 12.5. The molecule has 1 heterocycles. The number of anilines is 1. The van der Waals surface area contributed by atoms with Crippen molar-refractivity contribution in [2.45, 2.75) is 18.6 Å². The van der Waals surface area contributed by atoms with Crippen molar-refractivity contribution in [3.05, 3.63) is 24.3 Å². The second-order valence-electron chi connectivity index (χ2n) is 4.30. The number of benzene rings is 1. The third-order valence-electron chi connectivity index (χ3n) is 3.04. The summed E-state index contributed by atoms with van der Waals surface area (Å²) >= 11 is 0. The fourth-order valence-electron chi connectivity index (χ4n) is 2.17.